The number of nitrogen functional groups attached to an aromatic ring is 1. The van der Waals surface area contributed by atoms with Crippen molar-refractivity contribution < 1.29 is 4.92 Å². The Morgan fingerprint density at radius 2 is 2.00 bits per heavy atom. The predicted octanol–water partition coefficient (Wildman–Crippen LogP) is 2.24. The third kappa shape index (κ3) is 1.62. The van der Waals surface area contributed by atoms with Gasteiger partial charge in [-0.05, 0) is 25.0 Å². The van der Waals surface area contributed by atoms with Crippen LogP contribution in [0.1, 0.15) is 24.5 Å². The molecule has 6 nitrogen and oxygen atoms in total. The summed E-state index contributed by atoms with van der Waals surface area (Å²) in [4.78, 5) is 10.7. The number of hydrogen-bond donors (Lipinski definition) is 1. The van der Waals surface area contributed by atoms with Crippen molar-refractivity contribution in [1.82, 2.24) is 9.78 Å². The summed E-state index contributed by atoms with van der Waals surface area (Å²) < 4.78 is 1.45. The van der Waals surface area contributed by atoms with Crippen LogP contribution in [0.3, 0.4) is 0 Å². The SMILES string of the molecule is Nc1c([N+](=O)[O-])c(C2CC2)nn1-c1ccccc1. The van der Waals surface area contributed by atoms with Gasteiger partial charge in [0.1, 0.15) is 5.69 Å². The standard InChI is InChI=1S/C12H12N4O2/c13-12-11(16(17)18)10(8-6-7-8)14-15(12)9-4-2-1-3-5-9/h1-5,8H,6-7,13H2. The molecule has 1 heterocycles. The topological polar surface area (TPSA) is 87.0 Å². The quantitative estimate of drug-likeness (QED) is 0.662. The lowest BCUT2D eigenvalue weighted by molar-refractivity contribution is -0.384. The molecule has 2 N–H and O–H groups in total. The molecule has 3 rings (SSSR count). The number of nitro groups is 1. The van der Waals surface area contributed by atoms with Gasteiger partial charge in [-0.25, -0.2) is 4.68 Å². The molecular weight excluding hydrogens is 232 g/mol. The second-order valence-corrected chi connectivity index (χ2v) is 4.40. The maximum Gasteiger partial charge on any atom is 0.334 e. The number of anilines is 1. The average Bonchev–Trinajstić information content (AvgIpc) is 3.14. The summed E-state index contributed by atoms with van der Waals surface area (Å²) in [7, 11) is 0. The van der Waals surface area contributed by atoms with Gasteiger partial charge in [0.05, 0.1) is 10.6 Å². The fraction of sp³-hybridized carbons (Fsp3) is 0.250. The maximum absolute atomic E-state index is 11.1. The molecule has 6 heteroatoms. The highest BCUT2D eigenvalue weighted by Gasteiger charge is 2.37. The molecular formula is C12H12N4O2. The van der Waals surface area contributed by atoms with E-state index in [0.29, 0.717) is 5.69 Å². The zero-order valence-corrected chi connectivity index (χ0v) is 9.61. The molecule has 1 aromatic carbocycles. The van der Waals surface area contributed by atoms with Crippen molar-refractivity contribution in [3.05, 3.63) is 46.1 Å². The molecule has 1 aliphatic rings. The van der Waals surface area contributed by atoms with Gasteiger partial charge >= 0.3 is 5.69 Å². The van der Waals surface area contributed by atoms with E-state index < -0.39 is 4.92 Å². The van der Waals surface area contributed by atoms with Crippen LogP contribution in [0.15, 0.2) is 30.3 Å². The largest absolute Gasteiger partial charge is 0.378 e. The lowest BCUT2D eigenvalue weighted by Gasteiger charge is -2.01. The number of rotatable bonds is 3. The summed E-state index contributed by atoms with van der Waals surface area (Å²) in [6, 6.07) is 9.21. The molecule has 1 saturated carbocycles. The van der Waals surface area contributed by atoms with Crippen LogP contribution in [0.5, 0.6) is 0 Å². The van der Waals surface area contributed by atoms with Crippen LogP contribution in [0.25, 0.3) is 5.69 Å². The smallest absolute Gasteiger partial charge is 0.334 e. The Bertz CT molecular complexity index is 602. The van der Waals surface area contributed by atoms with Crippen LogP contribution in [-0.2, 0) is 0 Å². The molecule has 2 aromatic rings. The van der Waals surface area contributed by atoms with Gasteiger partial charge in [0.25, 0.3) is 0 Å². The molecule has 0 bridgehead atoms. The molecule has 1 aliphatic carbocycles. The Morgan fingerprint density at radius 1 is 1.33 bits per heavy atom. The molecule has 0 atom stereocenters. The summed E-state index contributed by atoms with van der Waals surface area (Å²) in [6.45, 7) is 0. The highest BCUT2D eigenvalue weighted by atomic mass is 16.6. The van der Waals surface area contributed by atoms with E-state index in [1.807, 2.05) is 30.3 Å². The molecule has 0 amide bonds. The van der Waals surface area contributed by atoms with Gasteiger partial charge < -0.3 is 5.73 Å². The van der Waals surface area contributed by atoms with Gasteiger partial charge in [0, 0.05) is 5.92 Å². The second kappa shape index (κ2) is 3.83. The minimum absolute atomic E-state index is 0.0404. The maximum atomic E-state index is 11.1. The van der Waals surface area contributed by atoms with E-state index in [-0.39, 0.29) is 17.4 Å². The highest BCUT2D eigenvalue weighted by molar-refractivity contribution is 5.61. The highest BCUT2D eigenvalue weighted by Crippen LogP contribution is 2.45. The number of nitrogens with zero attached hydrogens (tertiary/aromatic N) is 3. The fourth-order valence-electron chi connectivity index (χ4n) is 2.03. The number of benzene rings is 1. The van der Waals surface area contributed by atoms with Crippen LogP contribution >= 0.6 is 0 Å². The summed E-state index contributed by atoms with van der Waals surface area (Å²) >= 11 is 0. The molecule has 0 saturated heterocycles. The predicted molar refractivity (Wildman–Crippen MR) is 66.6 cm³/mol. The Balaban J connectivity index is 2.17. The van der Waals surface area contributed by atoms with Crippen LogP contribution in [-0.4, -0.2) is 14.7 Å². The summed E-state index contributed by atoms with van der Waals surface area (Å²) in [6.07, 6.45) is 1.90. The normalized spacial score (nSPS) is 14.7. The third-order valence-corrected chi connectivity index (χ3v) is 3.07. The van der Waals surface area contributed by atoms with Crippen LogP contribution in [0.2, 0.25) is 0 Å². The minimum atomic E-state index is -0.435. The minimum Gasteiger partial charge on any atom is -0.378 e. The molecule has 0 radical (unpaired) electrons. The lowest BCUT2D eigenvalue weighted by Crippen LogP contribution is -2.02. The van der Waals surface area contributed by atoms with Crippen LogP contribution < -0.4 is 5.73 Å². The first-order valence-corrected chi connectivity index (χ1v) is 5.76. The molecule has 1 fully saturated rings. The Morgan fingerprint density at radius 3 is 2.56 bits per heavy atom. The monoisotopic (exact) mass is 244 g/mol. The van der Waals surface area contributed by atoms with Gasteiger partial charge in [-0.3, -0.25) is 10.1 Å². The van der Waals surface area contributed by atoms with Crippen molar-refractivity contribution in [2.75, 3.05) is 5.73 Å². The summed E-state index contributed by atoms with van der Waals surface area (Å²) in [5, 5.41) is 15.4. The second-order valence-electron chi connectivity index (χ2n) is 4.40. The number of para-hydroxylation sites is 1. The average molecular weight is 244 g/mol. The van der Waals surface area contributed by atoms with Gasteiger partial charge in [-0.15, -0.1) is 0 Å². The summed E-state index contributed by atoms with van der Waals surface area (Å²) in [5.41, 5.74) is 7.08. The molecule has 0 unspecified atom stereocenters. The first kappa shape index (κ1) is 10.8. The van der Waals surface area contributed by atoms with Gasteiger partial charge in [0.15, 0.2) is 0 Å². The van der Waals surface area contributed by atoms with E-state index in [4.69, 9.17) is 5.73 Å². The van der Waals surface area contributed by atoms with Crippen LogP contribution in [0.4, 0.5) is 11.5 Å². The third-order valence-electron chi connectivity index (χ3n) is 3.07. The molecule has 0 spiro atoms. The van der Waals surface area contributed by atoms with E-state index >= 15 is 0 Å². The van der Waals surface area contributed by atoms with E-state index in [1.165, 1.54) is 4.68 Å². The van der Waals surface area contributed by atoms with Crippen LogP contribution in [0, 0.1) is 10.1 Å². The van der Waals surface area contributed by atoms with E-state index in [9.17, 15) is 10.1 Å². The molecule has 18 heavy (non-hydrogen) atoms. The Kier molecular flexibility index (Phi) is 2.29. The zero-order chi connectivity index (χ0) is 12.7. The van der Waals surface area contributed by atoms with Crippen molar-refractivity contribution >= 4 is 11.5 Å². The van der Waals surface area contributed by atoms with Gasteiger partial charge in [-0.1, -0.05) is 18.2 Å². The Hall–Kier alpha value is -2.37. The first-order chi connectivity index (χ1) is 8.68. The van der Waals surface area contributed by atoms with Crippen molar-refractivity contribution in [3.63, 3.8) is 0 Å². The van der Waals surface area contributed by atoms with E-state index in [0.717, 1.165) is 18.5 Å². The lowest BCUT2D eigenvalue weighted by atomic mass is 10.2. The molecule has 92 valence electrons. The molecule has 0 aliphatic heterocycles. The van der Waals surface area contributed by atoms with Crippen molar-refractivity contribution in [2.45, 2.75) is 18.8 Å². The fourth-order valence-corrected chi connectivity index (χ4v) is 2.03. The van der Waals surface area contributed by atoms with Gasteiger partial charge in [0.2, 0.25) is 5.82 Å². The van der Waals surface area contributed by atoms with E-state index in [2.05, 4.69) is 5.10 Å². The number of aromatic nitrogens is 2. The number of hydrogen-bond acceptors (Lipinski definition) is 4. The number of nitrogens with two attached hydrogens (primary N) is 1. The van der Waals surface area contributed by atoms with E-state index in [1.54, 1.807) is 0 Å². The molecule has 1 aromatic heterocycles. The Labute approximate surface area is 103 Å². The first-order valence-electron chi connectivity index (χ1n) is 5.76. The van der Waals surface area contributed by atoms with Crippen molar-refractivity contribution in [1.29, 1.82) is 0 Å². The summed E-state index contributed by atoms with van der Waals surface area (Å²) in [5.74, 6) is 0.297. The van der Waals surface area contributed by atoms with Crippen molar-refractivity contribution in [2.24, 2.45) is 0 Å². The van der Waals surface area contributed by atoms with Crippen molar-refractivity contribution in [3.8, 4) is 5.69 Å². The van der Waals surface area contributed by atoms with Gasteiger partial charge in [-0.2, -0.15) is 5.10 Å². The zero-order valence-electron chi connectivity index (χ0n) is 9.61.